The van der Waals surface area contributed by atoms with Crippen molar-refractivity contribution in [2.45, 2.75) is 13.5 Å². The molecule has 2 rings (SSSR count). The zero-order valence-electron chi connectivity index (χ0n) is 9.74. The van der Waals surface area contributed by atoms with Crippen molar-refractivity contribution < 1.29 is 4.74 Å². The SMILES string of the molecule is CCOc1c(Br)cc(Cl)cc1NCc1nccs1. The molecule has 1 aromatic heterocycles. The summed E-state index contributed by atoms with van der Waals surface area (Å²) in [6.07, 6.45) is 1.79. The standard InChI is InChI=1S/C12H12BrClN2OS/c1-2-17-12-9(13)5-8(14)6-10(12)16-7-11-15-3-4-18-11/h3-6,16H,2,7H2,1H3. The lowest BCUT2D eigenvalue weighted by molar-refractivity contribution is 0.339. The van der Waals surface area contributed by atoms with Gasteiger partial charge in [-0.1, -0.05) is 11.6 Å². The summed E-state index contributed by atoms with van der Waals surface area (Å²) < 4.78 is 6.45. The van der Waals surface area contributed by atoms with Crippen molar-refractivity contribution in [2.24, 2.45) is 0 Å². The molecule has 0 aliphatic rings. The van der Waals surface area contributed by atoms with Crippen LogP contribution in [0.2, 0.25) is 5.02 Å². The van der Waals surface area contributed by atoms with Gasteiger partial charge in [0.05, 0.1) is 23.3 Å². The molecule has 2 aromatic rings. The van der Waals surface area contributed by atoms with Gasteiger partial charge in [0, 0.05) is 16.6 Å². The van der Waals surface area contributed by atoms with Crippen LogP contribution in [-0.4, -0.2) is 11.6 Å². The molecular formula is C12H12BrClN2OS. The van der Waals surface area contributed by atoms with Crippen LogP contribution in [0.15, 0.2) is 28.2 Å². The molecule has 18 heavy (non-hydrogen) atoms. The molecule has 0 atom stereocenters. The number of nitrogens with zero attached hydrogens (tertiary/aromatic N) is 1. The van der Waals surface area contributed by atoms with Gasteiger partial charge in [-0.25, -0.2) is 4.98 Å². The lowest BCUT2D eigenvalue weighted by atomic mass is 10.3. The minimum Gasteiger partial charge on any atom is -0.491 e. The predicted octanol–water partition coefficient (Wildman–Crippen LogP) is 4.57. The van der Waals surface area contributed by atoms with Gasteiger partial charge >= 0.3 is 0 Å². The van der Waals surface area contributed by atoms with E-state index < -0.39 is 0 Å². The van der Waals surface area contributed by atoms with E-state index in [0.717, 1.165) is 20.9 Å². The van der Waals surface area contributed by atoms with Crippen molar-refractivity contribution in [2.75, 3.05) is 11.9 Å². The Morgan fingerprint density at radius 2 is 2.33 bits per heavy atom. The van der Waals surface area contributed by atoms with Crippen LogP contribution in [0.1, 0.15) is 11.9 Å². The number of nitrogens with one attached hydrogen (secondary N) is 1. The van der Waals surface area contributed by atoms with Crippen LogP contribution in [0.3, 0.4) is 0 Å². The Balaban J connectivity index is 2.19. The van der Waals surface area contributed by atoms with Crippen LogP contribution in [0.5, 0.6) is 5.75 Å². The summed E-state index contributed by atoms with van der Waals surface area (Å²) in [7, 11) is 0. The quantitative estimate of drug-likeness (QED) is 0.860. The second-order valence-corrected chi connectivity index (χ2v) is 5.75. The molecule has 0 radical (unpaired) electrons. The minimum atomic E-state index is 0.603. The Morgan fingerprint density at radius 1 is 1.50 bits per heavy atom. The number of thiazole rings is 1. The summed E-state index contributed by atoms with van der Waals surface area (Å²) in [5.74, 6) is 0.776. The van der Waals surface area contributed by atoms with Gasteiger partial charge in [-0.05, 0) is 35.0 Å². The van der Waals surface area contributed by atoms with E-state index >= 15 is 0 Å². The van der Waals surface area contributed by atoms with Crippen molar-refractivity contribution >= 4 is 44.6 Å². The van der Waals surface area contributed by atoms with Gasteiger partial charge in [0.15, 0.2) is 5.75 Å². The van der Waals surface area contributed by atoms with E-state index in [-0.39, 0.29) is 0 Å². The molecule has 0 aliphatic carbocycles. The molecule has 1 heterocycles. The summed E-state index contributed by atoms with van der Waals surface area (Å²) >= 11 is 11.1. The van der Waals surface area contributed by atoms with Gasteiger partial charge < -0.3 is 10.1 Å². The molecule has 1 N–H and O–H groups in total. The fourth-order valence-electron chi connectivity index (χ4n) is 1.49. The van der Waals surface area contributed by atoms with E-state index in [4.69, 9.17) is 16.3 Å². The number of ether oxygens (including phenoxy) is 1. The van der Waals surface area contributed by atoms with Gasteiger partial charge in [0.25, 0.3) is 0 Å². The summed E-state index contributed by atoms with van der Waals surface area (Å²) in [5.41, 5.74) is 0.867. The maximum absolute atomic E-state index is 6.04. The van der Waals surface area contributed by atoms with Crippen LogP contribution in [-0.2, 0) is 6.54 Å². The molecule has 0 saturated carbocycles. The van der Waals surface area contributed by atoms with E-state index in [2.05, 4.69) is 26.2 Å². The number of rotatable bonds is 5. The highest BCUT2D eigenvalue weighted by Gasteiger charge is 2.10. The third-order valence-corrected chi connectivity index (χ3v) is 3.80. The Labute approximate surface area is 123 Å². The van der Waals surface area contributed by atoms with Gasteiger partial charge in [-0.3, -0.25) is 0 Å². The van der Waals surface area contributed by atoms with Crippen LogP contribution in [0.4, 0.5) is 5.69 Å². The van der Waals surface area contributed by atoms with Crippen LogP contribution >= 0.6 is 38.9 Å². The third kappa shape index (κ3) is 3.37. The van der Waals surface area contributed by atoms with Crippen LogP contribution in [0, 0.1) is 0 Å². The summed E-state index contributed by atoms with van der Waals surface area (Å²) in [4.78, 5) is 4.22. The molecule has 96 valence electrons. The molecule has 0 fully saturated rings. The van der Waals surface area contributed by atoms with Crippen molar-refractivity contribution in [1.82, 2.24) is 4.98 Å². The Kier molecular flexibility index (Phi) is 4.86. The third-order valence-electron chi connectivity index (χ3n) is 2.21. The lowest BCUT2D eigenvalue weighted by Gasteiger charge is -2.14. The van der Waals surface area contributed by atoms with E-state index in [0.29, 0.717) is 18.2 Å². The second kappa shape index (κ2) is 6.41. The fourth-order valence-corrected chi connectivity index (χ4v) is 2.97. The van der Waals surface area contributed by atoms with Gasteiger partial charge in [0.1, 0.15) is 5.01 Å². The predicted molar refractivity (Wildman–Crippen MR) is 79.8 cm³/mol. The molecule has 1 aromatic carbocycles. The highest BCUT2D eigenvalue weighted by Crippen LogP contribution is 2.36. The van der Waals surface area contributed by atoms with Gasteiger partial charge in [-0.2, -0.15) is 0 Å². The van der Waals surface area contributed by atoms with E-state index in [1.165, 1.54) is 0 Å². The maximum atomic E-state index is 6.04. The highest BCUT2D eigenvalue weighted by atomic mass is 79.9. The normalized spacial score (nSPS) is 10.4. The summed E-state index contributed by atoms with van der Waals surface area (Å²) in [6.45, 7) is 3.21. The van der Waals surface area contributed by atoms with Gasteiger partial charge in [-0.15, -0.1) is 11.3 Å². The van der Waals surface area contributed by atoms with Crippen LogP contribution < -0.4 is 10.1 Å². The Morgan fingerprint density at radius 3 is 3.00 bits per heavy atom. The number of halogens is 2. The smallest absolute Gasteiger partial charge is 0.156 e. The zero-order chi connectivity index (χ0) is 13.0. The second-order valence-electron chi connectivity index (χ2n) is 3.48. The summed E-state index contributed by atoms with van der Waals surface area (Å²) in [6, 6.07) is 3.67. The first-order chi connectivity index (χ1) is 8.70. The molecule has 0 amide bonds. The molecular weight excluding hydrogens is 336 g/mol. The largest absolute Gasteiger partial charge is 0.491 e. The number of hydrogen-bond acceptors (Lipinski definition) is 4. The number of benzene rings is 1. The topological polar surface area (TPSA) is 34.1 Å². The number of hydrogen-bond donors (Lipinski definition) is 1. The zero-order valence-corrected chi connectivity index (χ0v) is 12.9. The monoisotopic (exact) mass is 346 g/mol. The van der Waals surface area contributed by atoms with Crippen molar-refractivity contribution in [1.29, 1.82) is 0 Å². The average Bonchev–Trinajstić information content (AvgIpc) is 2.83. The molecule has 0 aliphatic heterocycles. The minimum absolute atomic E-state index is 0.603. The molecule has 6 heteroatoms. The number of anilines is 1. The van der Waals surface area contributed by atoms with Crippen molar-refractivity contribution in [3.63, 3.8) is 0 Å². The Hall–Kier alpha value is -0.780. The van der Waals surface area contributed by atoms with E-state index in [1.807, 2.05) is 24.4 Å². The molecule has 0 unspecified atom stereocenters. The molecule has 3 nitrogen and oxygen atoms in total. The van der Waals surface area contributed by atoms with Crippen molar-refractivity contribution in [3.05, 3.63) is 38.2 Å². The molecule has 0 saturated heterocycles. The van der Waals surface area contributed by atoms with E-state index in [9.17, 15) is 0 Å². The fraction of sp³-hybridized carbons (Fsp3) is 0.250. The lowest BCUT2D eigenvalue weighted by Crippen LogP contribution is -2.03. The Bertz CT molecular complexity index is 519. The van der Waals surface area contributed by atoms with E-state index in [1.54, 1.807) is 17.5 Å². The highest BCUT2D eigenvalue weighted by molar-refractivity contribution is 9.10. The first-order valence-corrected chi connectivity index (χ1v) is 7.50. The first kappa shape index (κ1) is 13.6. The van der Waals surface area contributed by atoms with Crippen LogP contribution in [0.25, 0.3) is 0 Å². The average molecular weight is 348 g/mol. The van der Waals surface area contributed by atoms with Gasteiger partial charge in [0.2, 0.25) is 0 Å². The molecule has 0 spiro atoms. The first-order valence-electron chi connectivity index (χ1n) is 5.44. The molecule has 0 bridgehead atoms. The number of aromatic nitrogens is 1. The maximum Gasteiger partial charge on any atom is 0.156 e. The van der Waals surface area contributed by atoms with Crippen molar-refractivity contribution in [3.8, 4) is 5.75 Å². The summed E-state index contributed by atoms with van der Waals surface area (Å²) in [5, 5.41) is 6.92.